The number of amides is 1. The Morgan fingerprint density at radius 2 is 1.80 bits per heavy atom. The minimum absolute atomic E-state index is 0.0171. The van der Waals surface area contributed by atoms with Crippen LogP contribution in [0.1, 0.15) is 39.9 Å². The first kappa shape index (κ1) is 18.6. The first-order valence-electron chi connectivity index (χ1n) is 8.55. The summed E-state index contributed by atoms with van der Waals surface area (Å²) >= 11 is 13.7. The molecule has 2 aromatic rings. The third kappa shape index (κ3) is 5.16. The van der Waals surface area contributed by atoms with Gasteiger partial charge in [-0.15, -0.1) is 0 Å². The standard InChI is InChI=1S/C20H21Cl2NOS/c21-18-8-5-14(11-19(18)22)13-25-10-9-23-20(24)17-7-6-15-3-1-2-4-16(15)12-17/h5-8,11-12H,1-4,9-10,13H2,(H,23,24). The third-order valence-electron chi connectivity index (χ3n) is 4.40. The van der Waals surface area contributed by atoms with Gasteiger partial charge in [-0.25, -0.2) is 0 Å². The normalized spacial score (nSPS) is 13.4. The first-order valence-corrected chi connectivity index (χ1v) is 10.5. The van der Waals surface area contributed by atoms with Gasteiger partial charge in [0.1, 0.15) is 0 Å². The van der Waals surface area contributed by atoms with Crippen molar-refractivity contribution >= 4 is 40.9 Å². The van der Waals surface area contributed by atoms with Gasteiger partial charge in [0.2, 0.25) is 0 Å². The maximum absolute atomic E-state index is 12.3. The van der Waals surface area contributed by atoms with Crippen molar-refractivity contribution in [2.24, 2.45) is 0 Å². The van der Waals surface area contributed by atoms with Gasteiger partial charge >= 0.3 is 0 Å². The lowest BCUT2D eigenvalue weighted by Crippen LogP contribution is -2.26. The van der Waals surface area contributed by atoms with Crippen molar-refractivity contribution in [1.82, 2.24) is 5.32 Å². The lowest BCUT2D eigenvalue weighted by Gasteiger charge is -2.16. The van der Waals surface area contributed by atoms with E-state index in [1.807, 2.05) is 24.3 Å². The van der Waals surface area contributed by atoms with Crippen molar-refractivity contribution in [2.75, 3.05) is 12.3 Å². The van der Waals surface area contributed by atoms with E-state index >= 15 is 0 Å². The van der Waals surface area contributed by atoms with Crippen LogP contribution in [-0.2, 0) is 18.6 Å². The minimum Gasteiger partial charge on any atom is -0.351 e. The summed E-state index contributed by atoms with van der Waals surface area (Å²) in [4.78, 5) is 12.3. The molecule has 0 saturated carbocycles. The minimum atomic E-state index is 0.0171. The summed E-state index contributed by atoms with van der Waals surface area (Å²) in [6.07, 6.45) is 4.72. The molecule has 25 heavy (non-hydrogen) atoms. The van der Waals surface area contributed by atoms with E-state index in [9.17, 15) is 4.79 Å². The molecule has 1 N–H and O–H groups in total. The fourth-order valence-electron chi connectivity index (χ4n) is 3.03. The van der Waals surface area contributed by atoms with Gasteiger partial charge in [0.05, 0.1) is 10.0 Å². The summed E-state index contributed by atoms with van der Waals surface area (Å²) in [5.41, 5.74) is 4.66. The number of halogens is 2. The van der Waals surface area contributed by atoms with E-state index in [1.165, 1.54) is 24.0 Å². The molecule has 1 aliphatic rings. The number of hydrogen-bond acceptors (Lipinski definition) is 2. The average molecular weight is 394 g/mol. The summed E-state index contributed by atoms with van der Waals surface area (Å²) in [6, 6.07) is 11.8. The molecule has 2 nitrogen and oxygen atoms in total. The van der Waals surface area contributed by atoms with Gasteiger partial charge in [-0.3, -0.25) is 4.79 Å². The topological polar surface area (TPSA) is 29.1 Å². The molecule has 0 heterocycles. The number of aryl methyl sites for hydroxylation is 2. The third-order valence-corrected chi connectivity index (χ3v) is 6.16. The Kier molecular flexibility index (Phi) is 6.69. The van der Waals surface area contributed by atoms with Crippen LogP contribution in [0.2, 0.25) is 10.0 Å². The molecule has 0 atom stereocenters. The van der Waals surface area contributed by atoms with Crippen molar-refractivity contribution in [3.63, 3.8) is 0 Å². The molecular formula is C20H21Cl2NOS. The maximum atomic E-state index is 12.3. The first-order chi connectivity index (χ1) is 12.1. The number of fused-ring (bicyclic) bond motifs is 1. The zero-order valence-corrected chi connectivity index (χ0v) is 16.3. The van der Waals surface area contributed by atoms with Gasteiger partial charge in [-0.05, 0) is 66.6 Å². The second-order valence-electron chi connectivity index (χ2n) is 6.25. The number of thioether (sulfide) groups is 1. The maximum Gasteiger partial charge on any atom is 0.251 e. The molecule has 132 valence electrons. The molecule has 2 aromatic carbocycles. The van der Waals surface area contributed by atoms with Crippen molar-refractivity contribution in [3.05, 3.63) is 68.7 Å². The van der Waals surface area contributed by atoms with E-state index in [-0.39, 0.29) is 5.91 Å². The Bertz CT molecular complexity index is 763. The van der Waals surface area contributed by atoms with E-state index in [2.05, 4.69) is 17.4 Å². The highest BCUT2D eigenvalue weighted by Gasteiger charge is 2.12. The highest BCUT2D eigenvalue weighted by Crippen LogP contribution is 2.25. The largest absolute Gasteiger partial charge is 0.351 e. The number of nitrogens with one attached hydrogen (secondary N) is 1. The van der Waals surface area contributed by atoms with E-state index in [0.717, 1.165) is 35.5 Å². The highest BCUT2D eigenvalue weighted by molar-refractivity contribution is 7.98. The Morgan fingerprint density at radius 1 is 1.00 bits per heavy atom. The van der Waals surface area contributed by atoms with Crippen LogP contribution in [0.4, 0.5) is 0 Å². The second kappa shape index (κ2) is 8.98. The number of carbonyl (C=O) groups is 1. The second-order valence-corrected chi connectivity index (χ2v) is 8.17. The molecule has 0 aromatic heterocycles. The van der Waals surface area contributed by atoms with Crippen LogP contribution in [0, 0.1) is 0 Å². The Morgan fingerprint density at radius 3 is 2.60 bits per heavy atom. The monoisotopic (exact) mass is 393 g/mol. The predicted octanol–water partition coefficient (Wildman–Crippen LogP) is 5.54. The smallest absolute Gasteiger partial charge is 0.251 e. The molecule has 3 rings (SSSR count). The summed E-state index contributed by atoms with van der Waals surface area (Å²) in [5, 5.41) is 4.17. The molecular weight excluding hydrogens is 373 g/mol. The van der Waals surface area contributed by atoms with Crippen molar-refractivity contribution in [3.8, 4) is 0 Å². The summed E-state index contributed by atoms with van der Waals surface area (Å²) in [7, 11) is 0. The van der Waals surface area contributed by atoms with Gasteiger partial charge in [-0.1, -0.05) is 35.3 Å². The molecule has 0 spiro atoms. The highest BCUT2D eigenvalue weighted by atomic mass is 35.5. The molecule has 0 aliphatic heterocycles. The van der Waals surface area contributed by atoms with Gasteiger partial charge in [0.15, 0.2) is 0 Å². The van der Waals surface area contributed by atoms with Crippen molar-refractivity contribution in [2.45, 2.75) is 31.4 Å². The Labute approximate surface area is 163 Å². The fourth-order valence-corrected chi connectivity index (χ4v) is 4.16. The molecule has 5 heteroatoms. The van der Waals surface area contributed by atoms with Crippen molar-refractivity contribution < 1.29 is 4.79 Å². The summed E-state index contributed by atoms with van der Waals surface area (Å²) < 4.78 is 0. The van der Waals surface area contributed by atoms with Crippen LogP contribution < -0.4 is 5.32 Å². The van der Waals surface area contributed by atoms with Gasteiger partial charge in [0, 0.05) is 23.6 Å². The van der Waals surface area contributed by atoms with Gasteiger partial charge in [-0.2, -0.15) is 11.8 Å². The van der Waals surface area contributed by atoms with E-state index in [1.54, 1.807) is 11.8 Å². The van der Waals surface area contributed by atoms with Crippen LogP contribution in [0.25, 0.3) is 0 Å². The Balaban J connectivity index is 1.42. The zero-order chi connectivity index (χ0) is 17.6. The summed E-state index contributed by atoms with van der Waals surface area (Å²) in [5.74, 6) is 1.73. The number of benzene rings is 2. The SMILES string of the molecule is O=C(NCCSCc1ccc(Cl)c(Cl)c1)c1ccc2c(c1)CCCC2. The molecule has 0 saturated heterocycles. The van der Waals surface area contributed by atoms with Crippen LogP contribution in [0.3, 0.4) is 0 Å². The van der Waals surface area contributed by atoms with Crippen LogP contribution in [0.5, 0.6) is 0 Å². The molecule has 0 radical (unpaired) electrons. The van der Waals surface area contributed by atoms with E-state index < -0.39 is 0 Å². The molecule has 0 fully saturated rings. The number of carbonyl (C=O) groups excluding carboxylic acids is 1. The lowest BCUT2D eigenvalue weighted by molar-refractivity contribution is 0.0956. The number of rotatable bonds is 6. The molecule has 0 bridgehead atoms. The summed E-state index contributed by atoms with van der Waals surface area (Å²) in [6.45, 7) is 0.655. The van der Waals surface area contributed by atoms with Crippen molar-refractivity contribution in [1.29, 1.82) is 0 Å². The van der Waals surface area contributed by atoms with Crippen LogP contribution >= 0.6 is 35.0 Å². The van der Waals surface area contributed by atoms with E-state index in [4.69, 9.17) is 23.2 Å². The van der Waals surface area contributed by atoms with Crippen LogP contribution in [-0.4, -0.2) is 18.2 Å². The van der Waals surface area contributed by atoms with Gasteiger partial charge in [0.25, 0.3) is 5.91 Å². The molecule has 0 unspecified atom stereocenters. The Hall–Kier alpha value is -1.16. The fraction of sp³-hybridized carbons (Fsp3) is 0.350. The number of hydrogen-bond donors (Lipinski definition) is 1. The average Bonchev–Trinajstić information content (AvgIpc) is 2.63. The predicted molar refractivity (Wildman–Crippen MR) is 108 cm³/mol. The zero-order valence-electron chi connectivity index (χ0n) is 14.0. The molecule has 1 aliphatic carbocycles. The molecule has 1 amide bonds. The van der Waals surface area contributed by atoms with E-state index in [0.29, 0.717) is 16.6 Å². The van der Waals surface area contributed by atoms with Crippen LogP contribution in [0.15, 0.2) is 36.4 Å². The lowest BCUT2D eigenvalue weighted by atomic mass is 9.90. The van der Waals surface area contributed by atoms with Gasteiger partial charge < -0.3 is 5.32 Å². The quantitative estimate of drug-likeness (QED) is 0.653.